The number of halogens is 1. The molecule has 116 valence electrons. The van der Waals surface area contributed by atoms with Crippen molar-refractivity contribution in [3.05, 3.63) is 64.8 Å². The van der Waals surface area contributed by atoms with Crippen molar-refractivity contribution < 1.29 is 9.53 Å². The monoisotopic (exact) mass is 326 g/mol. The largest absolute Gasteiger partial charge is 0.464 e. The summed E-state index contributed by atoms with van der Waals surface area (Å²) in [5.74, 6) is -0.501. The van der Waals surface area contributed by atoms with Gasteiger partial charge in [-0.3, -0.25) is 0 Å². The van der Waals surface area contributed by atoms with E-state index in [4.69, 9.17) is 16.3 Å². The van der Waals surface area contributed by atoms with Crippen LogP contribution in [0.1, 0.15) is 16.1 Å². The number of nitrogens with zero attached hydrogens (tertiary/aromatic N) is 1. The first-order valence-corrected chi connectivity index (χ1v) is 7.47. The van der Waals surface area contributed by atoms with Crippen LogP contribution in [0.4, 0.5) is 11.4 Å². The summed E-state index contributed by atoms with van der Waals surface area (Å²) in [6, 6.07) is 15.2. The molecule has 5 heteroatoms. The van der Waals surface area contributed by atoms with E-state index in [1.165, 1.54) is 12.7 Å². The van der Waals surface area contributed by atoms with E-state index in [2.05, 4.69) is 10.3 Å². The Bertz CT molecular complexity index is 876. The molecule has 3 rings (SSSR count). The molecule has 2 aromatic carbocycles. The van der Waals surface area contributed by atoms with Crippen molar-refractivity contribution in [2.24, 2.45) is 0 Å². The van der Waals surface area contributed by atoms with Crippen molar-refractivity contribution in [3.8, 4) is 0 Å². The molecule has 0 aliphatic carbocycles. The van der Waals surface area contributed by atoms with Crippen molar-refractivity contribution in [3.63, 3.8) is 0 Å². The third-order valence-electron chi connectivity index (χ3n) is 3.52. The summed E-state index contributed by atoms with van der Waals surface area (Å²) in [6.45, 7) is 2.03. The maximum absolute atomic E-state index is 11.9. The molecule has 1 heterocycles. The van der Waals surface area contributed by atoms with Gasteiger partial charge >= 0.3 is 5.97 Å². The van der Waals surface area contributed by atoms with Crippen molar-refractivity contribution >= 4 is 39.8 Å². The van der Waals surface area contributed by atoms with Crippen LogP contribution in [-0.4, -0.2) is 18.1 Å². The van der Waals surface area contributed by atoms with E-state index >= 15 is 0 Å². The van der Waals surface area contributed by atoms with Crippen LogP contribution < -0.4 is 5.32 Å². The van der Waals surface area contributed by atoms with E-state index < -0.39 is 5.97 Å². The first kappa shape index (κ1) is 15.3. The summed E-state index contributed by atoms with van der Waals surface area (Å²) >= 11 is 6.23. The Labute approximate surface area is 139 Å². The summed E-state index contributed by atoms with van der Waals surface area (Å²) in [6.07, 6.45) is 0. The summed E-state index contributed by atoms with van der Waals surface area (Å²) in [4.78, 5) is 16.2. The number of benzene rings is 2. The number of anilines is 2. The average molecular weight is 327 g/mol. The normalized spacial score (nSPS) is 10.6. The molecule has 0 atom stereocenters. The number of hydrogen-bond acceptors (Lipinski definition) is 4. The van der Waals surface area contributed by atoms with Gasteiger partial charge in [0.05, 0.1) is 23.3 Å². The van der Waals surface area contributed by atoms with Crippen LogP contribution in [0.2, 0.25) is 5.02 Å². The molecule has 0 aliphatic rings. The van der Waals surface area contributed by atoms with Gasteiger partial charge in [-0.25, -0.2) is 9.78 Å². The Morgan fingerprint density at radius 2 is 1.91 bits per heavy atom. The van der Waals surface area contributed by atoms with Gasteiger partial charge in [0.1, 0.15) is 0 Å². The molecule has 0 saturated heterocycles. The van der Waals surface area contributed by atoms with E-state index in [0.29, 0.717) is 10.5 Å². The molecule has 0 aliphatic heterocycles. The van der Waals surface area contributed by atoms with Gasteiger partial charge in [0.15, 0.2) is 5.69 Å². The highest BCUT2D eigenvalue weighted by Crippen LogP contribution is 2.30. The predicted octanol–water partition coefficient (Wildman–Crippen LogP) is 4.73. The van der Waals surface area contributed by atoms with Crippen molar-refractivity contribution in [2.75, 3.05) is 12.4 Å². The van der Waals surface area contributed by atoms with Gasteiger partial charge in [-0.05, 0) is 31.2 Å². The lowest BCUT2D eigenvalue weighted by Gasteiger charge is -2.12. The highest BCUT2D eigenvalue weighted by atomic mass is 35.5. The minimum atomic E-state index is -0.501. The summed E-state index contributed by atoms with van der Waals surface area (Å²) < 4.78 is 4.77. The third-order valence-corrected chi connectivity index (χ3v) is 3.82. The smallest absolute Gasteiger partial charge is 0.356 e. The number of nitrogens with one attached hydrogen (secondary N) is 1. The lowest BCUT2D eigenvalue weighted by Crippen LogP contribution is -2.06. The Morgan fingerprint density at radius 1 is 1.17 bits per heavy atom. The van der Waals surface area contributed by atoms with E-state index in [9.17, 15) is 4.79 Å². The fraction of sp³-hybridized carbons (Fsp3) is 0.111. The zero-order chi connectivity index (χ0) is 16.4. The van der Waals surface area contributed by atoms with E-state index in [1.807, 2.05) is 43.3 Å². The first-order valence-electron chi connectivity index (χ1n) is 7.10. The molecule has 0 radical (unpaired) electrons. The molecule has 0 fully saturated rings. The number of carbonyl (C=O) groups is 1. The fourth-order valence-electron chi connectivity index (χ4n) is 2.32. The van der Waals surface area contributed by atoms with Crippen molar-refractivity contribution in [1.29, 1.82) is 0 Å². The summed E-state index contributed by atoms with van der Waals surface area (Å²) in [7, 11) is 1.33. The second-order valence-electron chi connectivity index (χ2n) is 5.17. The van der Waals surface area contributed by atoms with Crippen LogP contribution in [-0.2, 0) is 4.74 Å². The van der Waals surface area contributed by atoms with E-state index in [1.54, 1.807) is 12.1 Å². The third kappa shape index (κ3) is 3.12. The molecule has 0 spiro atoms. The topological polar surface area (TPSA) is 51.2 Å². The van der Waals surface area contributed by atoms with Crippen molar-refractivity contribution in [2.45, 2.75) is 6.92 Å². The number of rotatable bonds is 3. The summed E-state index contributed by atoms with van der Waals surface area (Å²) in [5, 5.41) is 4.64. The standard InChI is InChI=1S/C18H15ClN2O2/c1-11-6-8-12(9-7-11)20-15-10-16(18(22)23-2)21-17-13(15)4-3-5-14(17)19/h3-10H,1-2H3,(H,20,21). The number of para-hydroxylation sites is 1. The molecular weight excluding hydrogens is 312 g/mol. The SMILES string of the molecule is COC(=O)c1cc(Nc2ccc(C)cc2)c2cccc(Cl)c2n1. The number of esters is 1. The molecule has 0 unspecified atom stereocenters. The van der Waals surface area contributed by atoms with Gasteiger partial charge in [0.2, 0.25) is 0 Å². The number of fused-ring (bicyclic) bond motifs is 1. The average Bonchev–Trinajstić information content (AvgIpc) is 2.57. The van der Waals surface area contributed by atoms with Gasteiger partial charge < -0.3 is 10.1 Å². The minimum absolute atomic E-state index is 0.211. The Hall–Kier alpha value is -2.59. The van der Waals surface area contributed by atoms with Gasteiger partial charge in [0, 0.05) is 11.1 Å². The molecule has 0 saturated carbocycles. The second kappa shape index (κ2) is 6.26. The molecule has 0 amide bonds. The number of methoxy groups -OCH3 is 1. The number of hydrogen-bond donors (Lipinski definition) is 1. The molecule has 3 aromatic rings. The zero-order valence-corrected chi connectivity index (χ0v) is 13.5. The van der Waals surface area contributed by atoms with Crippen molar-refractivity contribution in [1.82, 2.24) is 4.98 Å². The molecule has 1 N–H and O–H groups in total. The Balaban J connectivity index is 2.15. The van der Waals surface area contributed by atoms with Gasteiger partial charge in [-0.15, -0.1) is 0 Å². The highest BCUT2D eigenvalue weighted by Gasteiger charge is 2.14. The maximum atomic E-state index is 11.9. The number of aryl methyl sites for hydroxylation is 1. The molecule has 0 bridgehead atoms. The second-order valence-corrected chi connectivity index (χ2v) is 5.58. The first-order chi connectivity index (χ1) is 11.1. The zero-order valence-electron chi connectivity index (χ0n) is 12.8. The van der Waals surface area contributed by atoms with Crippen LogP contribution in [0.25, 0.3) is 10.9 Å². The van der Waals surface area contributed by atoms with Crippen LogP contribution >= 0.6 is 11.6 Å². The fourth-order valence-corrected chi connectivity index (χ4v) is 2.54. The van der Waals surface area contributed by atoms with Gasteiger partial charge in [0.25, 0.3) is 0 Å². The molecule has 4 nitrogen and oxygen atoms in total. The minimum Gasteiger partial charge on any atom is -0.464 e. The van der Waals surface area contributed by atoms with E-state index in [0.717, 1.165) is 16.8 Å². The lowest BCUT2D eigenvalue weighted by molar-refractivity contribution is 0.0594. The summed E-state index contributed by atoms with van der Waals surface area (Å²) in [5.41, 5.74) is 3.61. The van der Waals surface area contributed by atoms with E-state index in [-0.39, 0.29) is 5.69 Å². The van der Waals surface area contributed by atoms with Crippen LogP contribution in [0.3, 0.4) is 0 Å². The predicted molar refractivity (Wildman–Crippen MR) is 92.6 cm³/mol. The highest BCUT2D eigenvalue weighted by molar-refractivity contribution is 6.35. The van der Waals surface area contributed by atoms with Gasteiger partial charge in [-0.2, -0.15) is 0 Å². The lowest BCUT2D eigenvalue weighted by atomic mass is 10.1. The number of ether oxygens (including phenoxy) is 1. The van der Waals surface area contributed by atoms with Crippen LogP contribution in [0, 0.1) is 6.92 Å². The number of aromatic nitrogens is 1. The number of carbonyl (C=O) groups excluding carboxylic acids is 1. The quantitative estimate of drug-likeness (QED) is 0.707. The number of pyridine rings is 1. The molecular formula is C18H15ClN2O2. The Kier molecular flexibility index (Phi) is 4.17. The Morgan fingerprint density at radius 3 is 2.61 bits per heavy atom. The molecule has 23 heavy (non-hydrogen) atoms. The van der Waals surface area contributed by atoms with Crippen LogP contribution in [0.15, 0.2) is 48.5 Å². The maximum Gasteiger partial charge on any atom is 0.356 e. The van der Waals surface area contributed by atoms with Crippen LogP contribution in [0.5, 0.6) is 0 Å². The van der Waals surface area contributed by atoms with Gasteiger partial charge in [-0.1, -0.05) is 41.4 Å². The molecule has 1 aromatic heterocycles.